The molecule has 6 heteroatoms. The summed E-state index contributed by atoms with van der Waals surface area (Å²) in [5, 5.41) is 11.7. The molecule has 1 aliphatic rings. The number of hydrogen-bond donors (Lipinski definition) is 1. The van der Waals surface area contributed by atoms with Gasteiger partial charge in [0.25, 0.3) is 5.22 Å². The van der Waals surface area contributed by atoms with Gasteiger partial charge in [-0.25, -0.2) is 0 Å². The minimum Gasteiger partial charge on any atom is -0.411 e. The number of aromatic nitrogens is 2. The standard InChI is InChI=1S/C19H25N3O2S/c1-12-6-4-8-15(10-12)18-21-22-19(24-18)25-11-17(23)20-16-9-5-7-13(2)14(16)3/h4,6,8,10,13-14,16H,5,7,9,11H2,1-3H3,(H,20,23)/t13-,14-,16+/m0/s1. The first-order chi connectivity index (χ1) is 12.0. The van der Waals surface area contributed by atoms with E-state index in [9.17, 15) is 4.79 Å². The van der Waals surface area contributed by atoms with Crippen LogP contribution in [0, 0.1) is 18.8 Å². The first kappa shape index (κ1) is 18.0. The lowest BCUT2D eigenvalue weighted by molar-refractivity contribution is -0.120. The van der Waals surface area contributed by atoms with Crippen LogP contribution < -0.4 is 5.32 Å². The maximum atomic E-state index is 12.2. The second-order valence-corrected chi connectivity index (χ2v) is 7.90. The molecule has 25 heavy (non-hydrogen) atoms. The summed E-state index contributed by atoms with van der Waals surface area (Å²) < 4.78 is 5.66. The van der Waals surface area contributed by atoms with Gasteiger partial charge in [-0.1, -0.05) is 56.1 Å². The van der Waals surface area contributed by atoms with Crippen molar-refractivity contribution in [1.29, 1.82) is 0 Å². The summed E-state index contributed by atoms with van der Waals surface area (Å²) in [5.74, 6) is 2.01. The smallest absolute Gasteiger partial charge is 0.277 e. The number of carbonyl (C=O) groups excluding carboxylic acids is 1. The summed E-state index contributed by atoms with van der Waals surface area (Å²) in [6.07, 6.45) is 3.51. The van der Waals surface area contributed by atoms with E-state index in [1.165, 1.54) is 24.6 Å². The number of nitrogens with one attached hydrogen (secondary N) is 1. The summed E-state index contributed by atoms with van der Waals surface area (Å²) in [6, 6.07) is 8.20. The molecule has 1 heterocycles. The number of aryl methyl sites for hydroxylation is 1. The lowest BCUT2D eigenvalue weighted by atomic mass is 9.78. The van der Waals surface area contributed by atoms with E-state index in [-0.39, 0.29) is 11.9 Å². The molecule has 1 saturated carbocycles. The SMILES string of the molecule is Cc1cccc(-c2nnc(SCC(=O)N[C@@H]3CCC[C@H](C)[C@@H]3C)o2)c1. The van der Waals surface area contributed by atoms with E-state index in [2.05, 4.69) is 29.4 Å². The van der Waals surface area contributed by atoms with Gasteiger partial charge in [-0.3, -0.25) is 4.79 Å². The molecule has 134 valence electrons. The summed E-state index contributed by atoms with van der Waals surface area (Å²) in [5.41, 5.74) is 2.04. The minimum absolute atomic E-state index is 0.0336. The van der Waals surface area contributed by atoms with E-state index in [1.54, 1.807) is 0 Å². The lowest BCUT2D eigenvalue weighted by Crippen LogP contribution is -2.44. The summed E-state index contributed by atoms with van der Waals surface area (Å²) in [7, 11) is 0. The maximum Gasteiger partial charge on any atom is 0.277 e. The van der Waals surface area contributed by atoms with Gasteiger partial charge in [-0.2, -0.15) is 0 Å². The van der Waals surface area contributed by atoms with Crippen LogP contribution in [-0.2, 0) is 4.79 Å². The molecular weight excluding hydrogens is 334 g/mol. The molecular formula is C19H25N3O2S. The highest BCUT2D eigenvalue weighted by Crippen LogP contribution is 2.29. The minimum atomic E-state index is 0.0336. The van der Waals surface area contributed by atoms with Crippen LogP contribution in [0.5, 0.6) is 0 Å². The molecule has 0 unspecified atom stereocenters. The van der Waals surface area contributed by atoms with Crippen LogP contribution >= 0.6 is 11.8 Å². The second-order valence-electron chi connectivity index (χ2n) is 6.97. The topological polar surface area (TPSA) is 68.0 Å². The van der Waals surface area contributed by atoms with Crippen molar-refractivity contribution >= 4 is 17.7 Å². The van der Waals surface area contributed by atoms with Crippen molar-refractivity contribution in [3.05, 3.63) is 29.8 Å². The Labute approximate surface area is 153 Å². The Bertz CT molecular complexity index is 731. The molecule has 1 amide bonds. The van der Waals surface area contributed by atoms with Gasteiger partial charge >= 0.3 is 0 Å². The van der Waals surface area contributed by atoms with E-state index in [4.69, 9.17) is 4.42 Å². The van der Waals surface area contributed by atoms with E-state index in [0.29, 0.717) is 28.7 Å². The predicted octanol–water partition coefficient (Wildman–Crippen LogP) is 4.08. The lowest BCUT2D eigenvalue weighted by Gasteiger charge is -2.34. The van der Waals surface area contributed by atoms with Crippen LogP contribution in [0.25, 0.3) is 11.5 Å². The van der Waals surface area contributed by atoms with Gasteiger partial charge in [-0.15, -0.1) is 10.2 Å². The van der Waals surface area contributed by atoms with Crippen molar-refractivity contribution in [2.24, 2.45) is 11.8 Å². The van der Waals surface area contributed by atoms with Gasteiger partial charge in [0, 0.05) is 11.6 Å². The van der Waals surface area contributed by atoms with Gasteiger partial charge in [-0.05, 0) is 37.3 Å². The Kier molecular flexibility index (Phi) is 5.78. The fourth-order valence-corrected chi connectivity index (χ4v) is 3.90. The molecule has 0 bridgehead atoms. The van der Waals surface area contributed by atoms with Crippen molar-refractivity contribution in [2.75, 3.05) is 5.75 Å². The maximum absolute atomic E-state index is 12.2. The molecule has 0 spiro atoms. The van der Waals surface area contributed by atoms with Crippen LogP contribution in [0.15, 0.2) is 33.9 Å². The normalized spacial score (nSPS) is 23.4. The Morgan fingerprint density at radius 3 is 2.96 bits per heavy atom. The Morgan fingerprint density at radius 2 is 2.16 bits per heavy atom. The van der Waals surface area contributed by atoms with Crippen molar-refractivity contribution in [3.63, 3.8) is 0 Å². The average molecular weight is 359 g/mol. The predicted molar refractivity (Wildman–Crippen MR) is 99.3 cm³/mol. The van der Waals surface area contributed by atoms with Gasteiger partial charge in [0.1, 0.15) is 0 Å². The first-order valence-electron chi connectivity index (χ1n) is 8.85. The highest BCUT2D eigenvalue weighted by atomic mass is 32.2. The van der Waals surface area contributed by atoms with E-state index < -0.39 is 0 Å². The van der Waals surface area contributed by atoms with Crippen LogP contribution in [0.4, 0.5) is 0 Å². The summed E-state index contributed by atoms with van der Waals surface area (Å²) in [4.78, 5) is 12.2. The van der Waals surface area contributed by atoms with Gasteiger partial charge in [0.15, 0.2) is 0 Å². The second kappa shape index (κ2) is 8.04. The fraction of sp³-hybridized carbons (Fsp3) is 0.526. The van der Waals surface area contributed by atoms with Crippen molar-refractivity contribution in [3.8, 4) is 11.5 Å². The number of benzene rings is 1. The Balaban J connectivity index is 1.53. The zero-order valence-corrected chi connectivity index (χ0v) is 15.8. The zero-order valence-electron chi connectivity index (χ0n) is 15.0. The Hall–Kier alpha value is -1.82. The van der Waals surface area contributed by atoms with E-state index >= 15 is 0 Å². The third kappa shape index (κ3) is 4.63. The third-order valence-corrected chi connectivity index (χ3v) is 5.87. The van der Waals surface area contributed by atoms with Crippen molar-refractivity contribution in [2.45, 2.75) is 51.3 Å². The largest absolute Gasteiger partial charge is 0.411 e. The molecule has 1 aliphatic carbocycles. The molecule has 0 radical (unpaired) electrons. The highest BCUT2D eigenvalue weighted by molar-refractivity contribution is 7.99. The molecule has 1 N–H and O–H groups in total. The number of hydrogen-bond acceptors (Lipinski definition) is 5. The van der Waals surface area contributed by atoms with Crippen molar-refractivity contribution < 1.29 is 9.21 Å². The number of rotatable bonds is 5. The number of thioether (sulfide) groups is 1. The van der Waals surface area contributed by atoms with Gasteiger partial charge in [0.05, 0.1) is 5.75 Å². The quantitative estimate of drug-likeness (QED) is 0.815. The monoisotopic (exact) mass is 359 g/mol. The van der Waals surface area contributed by atoms with Gasteiger partial charge < -0.3 is 9.73 Å². The molecule has 0 saturated heterocycles. The number of carbonyl (C=O) groups is 1. The molecule has 0 aliphatic heterocycles. The molecule has 3 atom stereocenters. The van der Waals surface area contributed by atoms with E-state index in [1.807, 2.05) is 31.2 Å². The van der Waals surface area contributed by atoms with Crippen LogP contribution in [0.1, 0.15) is 38.7 Å². The van der Waals surface area contributed by atoms with E-state index in [0.717, 1.165) is 17.5 Å². The summed E-state index contributed by atoms with van der Waals surface area (Å²) >= 11 is 1.29. The highest BCUT2D eigenvalue weighted by Gasteiger charge is 2.28. The summed E-state index contributed by atoms with van der Waals surface area (Å²) in [6.45, 7) is 6.52. The number of amides is 1. The number of nitrogens with zero attached hydrogens (tertiary/aromatic N) is 2. The molecule has 1 aromatic carbocycles. The molecule has 1 fully saturated rings. The van der Waals surface area contributed by atoms with Crippen LogP contribution in [-0.4, -0.2) is 27.9 Å². The third-order valence-electron chi connectivity index (χ3n) is 5.05. The fourth-order valence-electron chi connectivity index (χ4n) is 3.32. The molecule has 1 aromatic heterocycles. The molecule has 3 rings (SSSR count). The van der Waals surface area contributed by atoms with Gasteiger partial charge in [0.2, 0.25) is 11.8 Å². The van der Waals surface area contributed by atoms with Crippen LogP contribution in [0.3, 0.4) is 0 Å². The van der Waals surface area contributed by atoms with Crippen molar-refractivity contribution in [1.82, 2.24) is 15.5 Å². The average Bonchev–Trinajstić information content (AvgIpc) is 3.06. The zero-order chi connectivity index (χ0) is 17.8. The Morgan fingerprint density at radius 1 is 1.32 bits per heavy atom. The first-order valence-corrected chi connectivity index (χ1v) is 9.84. The van der Waals surface area contributed by atoms with Crippen LogP contribution in [0.2, 0.25) is 0 Å². The molecule has 5 nitrogen and oxygen atoms in total. The molecule has 2 aromatic rings.